The molecule has 5 unspecified atom stereocenters. The van der Waals surface area contributed by atoms with E-state index in [2.05, 4.69) is 6.92 Å². The van der Waals surface area contributed by atoms with Crippen molar-refractivity contribution >= 4 is 5.78 Å². The lowest BCUT2D eigenvalue weighted by molar-refractivity contribution is -0.118. The lowest BCUT2D eigenvalue weighted by Gasteiger charge is -2.30. The Hall–Kier alpha value is -0.410. The van der Waals surface area contributed by atoms with Crippen LogP contribution in [-0.2, 0) is 9.53 Å². The first kappa shape index (κ1) is 15.6. The van der Waals surface area contributed by atoms with Crippen LogP contribution in [0.5, 0.6) is 0 Å². The second-order valence-corrected chi connectivity index (χ2v) is 5.54. The molecule has 0 aromatic rings. The van der Waals surface area contributed by atoms with E-state index in [1.165, 1.54) is 0 Å². The zero-order chi connectivity index (χ0) is 15.0. The molecule has 0 bridgehead atoms. The fourth-order valence-corrected chi connectivity index (χ4v) is 2.63. The van der Waals surface area contributed by atoms with Crippen LogP contribution in [0.2, 0.25) is 0 Å². The molecule has 5 atom stereocenters. The van der Waals surface area contributed by atoms with E-state index < -0.39 is 0 Å². The van der Waals surface area contributed by atoms with Crippen LogP contribution in [0.25, 0.3) is 0 Å². The van der Waals surface area contributed by atoms with Crippen LogP contribution in [0.15, 0.2) is 0 Å². The van der Waals surface area contributed by atoms with Crippen LogP contribution in [0.4, 0.5) is 0 Å². The maximum Gasteiger partial charge on any atom is 0.130 e. The molecule has 0 radical (unpaired) electrons. The summed E-state index contributed by atoms with van der Waals surface area (Å²) in [4.78, 5) is 11.4. The summed E-state index contributed by atoms with van der Waals surface area (Å²) in [5.74, 6) is 0.845. The smallest absolute Gasteiger partial charge is 0.130 e. The lowest BCUT2D eigenvalue weighted by atomic mass is 9.75. The first-order valence-corrected chi connectivity index (χ1v) is 6.86. The number of hydrogen-bond acceptors (Lipinski definition) is 3. The van der Waals surface area contributed by atoms with Gasteiger partial charge in [0.25, 0.3) is 0 Å². The molecule has 0 aromatic heterocycles. The molecule has 0 aliphatic heterocycles. The van der Waals surface area contributed by atoms with Gasteiger partial charge < -0.3 is 14.6 Å². The molecular weight excluding hydrogens is 228 g/mol. The molecule has 3 heteroatoms. The van der Waals surface area contributed by atoms with E-state index >= 15 is 0 Å². The number of ether oxygens (including phenoxy) is 1. The Bertz CT molecular complexity index is 258. The second kappa shape index (κ2) is 9.51. The van der Waals surface area contributed by atoms with E-state index in [9.17, 15) is 4.79 Å². The normalized spacial score (nSPS) is 20.7. The number of ketones is 1. The first-order chi connectivity index (χ1) is 8.84. The molecule has 0 heterocycles. The fourth-order valence-electron chi connectivity index (χ4n) is 2.63. The van der Waals surface area contributed by atoms with Crippen molar-refractivity contribution in [3.8, 4) is 0 Å². The summed E-state index contributed by atoms with van der Waals surface area (Å²) in [6, 6.07) is 0. The average molecular weight is 260 g/mol. The molecule has 0 aromatic carbocycles. The zero-order valence-electron chi connectivity index (χ0n) is 13.5. The maximum absolute atomic E-state index is 11.4. The summed E-state index contributed by atoms with van der Waals surface area (Å²) in [6.45, 7) is 8.43. The van der Waals surface area contributed by atoms with Crippen LogP contribution in [-0.4, -0.2) is 31.2 Å². The third-order valence-corrected chi connectivity index (χ3v) is 3.58. The monoisotopic (exact) mass is 260 g/mol. The quantitative estimate of drug-likeness (QED) is 0.657. The van der Waals surface area contributed by atoms with E-state index in [-0.39, 0.29) is 42.5 Å². The molecule has 108 valence electrons. The Morgan fingerprint density at radius 3 is 2.39 bits per heavy atom. The number of aliphatic hydroxyl groups is 1. The number of methoxy groups -OCH3 is 1. The van der Waals surface area contributed by atoms with Gasteiger partial charge in [0, 0.05) is 28.1 Å². The summed E-state index contributed by atoms with van der Waals surface area (Å²) >= 11 is 0. The minimum atomic E-state index is -0.245. The van der Waals surface area contributed by atoms with Gasteiger partial charge in [-0.2, -0.15) is 0 Å². The van der Waals surface area contributed by atoms with Crippen LogP contribution in [0, 0.1) is 23.7 Å². The van der Waals surface area contributed by atoms with Crippen LogP contribution >= 0.6 is 0 Å². The predicted octanol–water partition coefficient (Wildman–Crippen LogP) is 2.91. The minimum Gasteiger partial charge on any atom is -0.396 e. The van der Waals surface area contributed by atoms with E-state index in [1.54, 1.807) is 14.0 Å². The number of carbonyl (C=O) groups is 1. The fraction of sp³-hybridized carbons (Fsp3) is 0.933. The summed E-state index contributed by atoms with van der Waals surface area (Å²) in [6.07, 6.45) is 0.941. The summed E-state index contributed by atoms with van der Waals surface area (Å²) in [5, 5.41) is 9.08. The number of Topliss-reactive ketones (excluding diaryl/α,β-unsaturated/α-hetero) is 1. The topological polar surface area (TPSA) is 46.5 Å². The van der Waals surface area contributed by atoms with Gasteiger partial charge in [-0.05, 0) is 43.4 Å². The average Bonchev–Trinajstić information content (AvgIpc) is 2.34. The Kier molecular flexibility index (Phi) is 8.27. The van der Waals surface area contributed by atoms with Gasteiger partial charge in [0.05, 0.1) is 0 Å². The van der Waals surface area contributed by atoms with Gasteiger partial charge in [-0.25, -0.2) is 0 Å². The highest BCUT2D eigenvalue weighted by molar-refractivity contribution is 5.75. The Balaban J connectivity index is 4.77. The van der Waals surface area contributed by atoms with Crippen molar-refractivity contribution in [2.45, 2.75) is 46.9 Å². The SMILES string of the molecule is [3H]C(C(C)COC)C(C)C(CC(C)=O)C(C)CCO. The van der Waals surface area contributed by atoms with Gasteiger partial charge in [0.1, 0.15) is 5.78 Å². The minimum absolute atomic E-state index is 0.121. The van der Waals surface area contributed by atoms with Gasteiger partial charge in [0.15, 0.2) is 0 Å². The van der Waals surface area contributed by atoms with E-state index in [0.29, 0.717) is 19.4 Å². The summed E-state index contributed by atoms with van der Waals surface area (Å²) < 4.78 is 13.5. The van der Waals surface area contributed by atoms with Gasteiger partial charge in [-0.15, -0.1) is 0 Å². The molecule has 0 aliphatic rings. The first-order valence-electron chi connectivity index (χ1n) is 7.44. The van der Waals surface area contributed by atoms with Crippen molar-refractivity contribution in [2.24, 2.45) is 23.7 Å². The second-order valence-electron chi connectivity index (χ2n) is 5.54. The molecule has 18 heavy (non-hydrogen) atoms. The van der Waals surface area contributed by atoms with E-state index in [0.717, 1.165) is 0 Å². The Morgan fingerprint density at radius 2 is 1.94 bits per heavy atom. The van der Waals surface area contributed by atoms with E-state index in [1.807, 2.05) is 13.8 Å². The lowest BCUT2D eigenvalue weighted by Crippen LogP contribution is -2.25. The number of hydrogen-bond donors (Lipinski definition) is 1. The van der Waals surface area contributed by atoms with Crippen LogP contribution in [0.1, 0.15) is 48.3 Å². The summed E-state index contributed by atoms with van der Waals surface area (Å²) in [5.41, 5.74) is 0. The summed E-state index contributed by atoms with van der Waals surface area (Å²) in [7, 11) is 1.65. The molecule has 0 fully saturated rings. The maximum atomic E-state index is 11.4. The number of rotatable bonds is 10. The Labute approximate surface area is 113 Å². The van der Waals surface area contributed by atoms with Crippen molar-refractivity contribution in [3.05, 3.63) is 0 Å². The zero-order valence-corrected chi connectivity index (χ0v) is 12.5. The van der Waals surface area contributed by atoms with Crippen molar-refractivity contribution in [1.82, 2.24) is 0 Å². The number of aliphatic hydroxyl groups excluding tert-OH is 1. The predicted molar refractivity (Wildman–Crippen MR) is 74.5 cm³/mol. The number of carbonyl (C=O) groups excluding carboxylic acids is 1. The van der Waals surface area contributed by atoms with Crippen LogP contribution < -0.4 is 0 Å². The van der Waals surface area contributed by atoms with Crippen molar-refractivity contribution in [2.75, 3.05) is 20.3 Å². The third kappa shape index (κ3) is 7.12. The standard InChI is InChI=1S/C15H30O3/c1-11(10-18-5)8-13(3)15(9-14(4)17)12(2)6-7-16/h11-13,15-16H,6-10H2,1-5H3/i8T. The highest BCUT2D eigenvalue weighted by Gasteiger charge is 2.25. The van der Waals surface area contributed by atoms with Crippen molar-refractivity contribution < 1.29 is 16.0 Å². The van der Waals surface area contributed by atoms with Gasteiger partial charge >= 0.3 is 0 Å². The molecule has 0 rings (SSSR count). The van der Waals surface area contributed by atoms with Gasteiger partial charge in [-0.3, -0.25) is 0 Å². The molecule has 0 aliphatic carbocycles. The highest BCUT2D eigenvalue weighted by atomic mass is 16.5. The van der Waals surface area contributed by atoms with Crippen LogP contribution in [0.3, 0.4) is 0 Å². The molecule has 1 N–H and O–H groups in total. The molecular formula is C15H30O3. The third-order valence-electron chi connectivity index (χ3n) is 3.58. The van der Waals surface area contributed by atoms with Crippen molar-refractivity contribution in [1.29, 1.82) is 0 Å². The molecule has 0 amide bonds. The molecule has 0 spiro atoms. The Morgan fingerprint density at radius 1 is 1.33 bits per heavy atom. The highest BCUT2D eigenvalue weighted by Crippen LogP contribution is 2.31. The van der Waals surface area contributed by atoms with Gasteiger partial charge in [-0.1, -0.05) is 20.8 Å². The molecule has 0 saturated carbocycles. The largest absolute Gasteiger partial charge is 0.396 e. The molecule has 3 nitrogen and oxygen atoms in total. The van der Waals surface area contributed by atoms with Gasteiger partial charge in [0.2, 0.25) is 0 Å². The van der Waals surface area contributed by atoms with E-state index in [4.69, 9.17) is 11.2 Å². The molecule has 0 saturated heterocycles. The van der Waals surface area contributed by atoms with Crippen molar-refractivity contribution in [3.63, 3.8) is 0 Å².